The number of carboxylic acids is 1. The van der Waals surface area contributed by atoms with E-state index in [4.69, 9.17) is 5.11 Å². The van der Waals surface area contributed by atoms with Crippen LogP contribution < -0.4 is 0 Å². The molecular weight excluding hydrogens is 235 g/mol. The number of hydrogen-bond donors (Lipinski definition) is 2. The van der Waals surface area contributed by atoms with Gasteiger partial charge in [0.15, 0.2) is 0 Å². The number of unbranched alkanes of at least 4 members (excludes halogenated alkanes) is 8. The van der Waals surface area contributed by atoms with Gasteiger partial charge < -0.3 is 10.2 Å². The minimum absolute atomic E-state index is 0.239. The lowest BCUT2D eigenvalue weighted by Crippen LogP contribution is -2.29. The van der Waals surface area contributed by atoms with E-state index < -0.39 is 18.2 Å². The summed E-state index contributed by atoms with van der Waals surface area (Å²) in [4.78, 5) is 10.3. The van der Waals surface area contributed by atoms with E-state index in [1.165, 1.54) is 38.5 Å². The van der Waals surface area contributed by atoms with Gasteiger partial charge in [0, 0.05) is 0 Å². The Morgan fingerprint density at radius 2 is 1.44 bits per heavy atom. The van der Waals surface area contributed by atoms with Gasteiger partial charge in [-0.25, -0.2) is 9.18 Å². The van der Waals surface area contributed by atoms with Gasteiger partial charge in [-0.3, -0.25) is 0 Å². The molecule has 0 radical (unpaired) electrons. The number of carbonyl (C=O) groups is 1. The van der Waals surface area contributed by atoms with E-state index in [2.05, 4.69) is 6.92 Å². The van der Waals surface area contributed by atoms with Crippen LogP contribution in [0.25, 0.3) is 0 Å². The van der Waals surface area contributed by atoms with Crippen molar-refractivity contribution in [1.82, 2.24) is 0 Å². The lowest BCUT2D eigenvalue weighted by atomic mass is 10.0. The number of alkyl halides is 1. The van der Waals surface area contributed by atoms with Crippen LogP contribution in [0.15, 0.2) is 0 Å². The van der Waals surface area contributed by atoms with Crippen molar-refractivity contribution in [2.75, 3.05) is 0 Å². The second-order valence-electron chi connectivity index (χ2n) is 4.92. The van der Waals surface area contributed by atoms with Crippen LogP contribution in [0.5, 0.6) is 0 Å². The summed E-state index contributed by atoms with van der Waals surface area (Å²) in [6.07, 6.45) is 7.03. The van der Waals surface area contributed by atoms with Crippen molar-refractivity contribution in [3.05, 3.63) is 0 Å². The number of hydrogen-bond acceptors (Lipinski definition) is 2. The molecule has 0 amide bonds. The molecule has 0 saturated heterocycles. The summed E-state index contributed by atoms with van der Waals surface area (Å²) in [7, 11) is 0. The van der Waals surface area contributed by atoms with Gasteiger partial charge in [0.1, 0.15) is 0 Å². The molecule has 0 saturated carbocycles. The molecule has 0 aromatic heterocycles. The highest BCUT2D eigenvalue weighted by Gasteiger charge is 2.24. The topological polar surface area (TPSA) is 57.5 Å². The molecule has 0 heterocycles. The molecule has 0 aromatic carbocycles. The number of aliphatic carboxylic acids is 1. The Labute approximate surface area is 109 Å². The molecule has 4 heteroatoms. The minimum atomic E-state index is -2.14. The summed E-state index contributed by atoms with van der Waals surface area (Å²) in [6.45, 7) is 2.20. The van der Waals surface area contributed by atoms with Crippen molar-refractivity contribution >= 4 is 5.97 Å². The van der Waals surface area contributed by atoms with Crippen LogP contribution in [0.4, 0.5) is 4.39 Å². The van der Waals surface area contributed by atoms with E-state index in [9.17, 15) is 14.3 Å². The molecule has 3 nitrogen and oxygen atoms in total. The monoisotopic (exact) mass is 262 g/mol. The number of carboxylic acid groups (broad SMARTS) is 1. The van der Waals surface area contributed by atoms with Crippen molar-refractivity contribution in [1.29, 1.82) is 0 Å². The number of aliphatic hydroxyl groups excluding tert-OH is 1. The molecule has 108 valence electrons. The largest absolute Gasteiger partial charge is 0.479 e. The van der Waals surface area contributed by atoms with Gasteiger partial charge >= 0.3 is 5.97 Å². The normalized spacial score (nSPS) is 14.4. The summed E-state index contributed by atoms with van der Waals surface area (Å²) < 4.78 is 12.8. The molecule has 0 fully saturated rings. The van der Waals surface area contributed by atoms with Crippen LogP contribution >= 0.6 is 0 Å². The molecule has 2 atom stereocenters. The van der Waals surface area contributed by atoms with Gasteiger partial charge in [-0.05, 0) is 6.42 Å². The van der Waals surface area contributed by atoms with Crippen LogP contribution in [0.3, 0.4) is 0 Å². The van der Waals surface area contributed by atoms with Gasteiger partial charge in [0.2, 0.25) is 6.17 Å². The zero-order valence-electron chi connectivity index (χ0n) is 11.4. The molecule has 2 unspecified atom stereocenters. The average Bonchev–Trinajstić information content (AvgIpc) is 2.35. The standard InChI is InChI=1S/C14H27FO3/c1-2-3-4-5-6-7-8-9-10-11-12(16)13(15)14(17)18/h12-13,16H,2-11H2,1H3,(H,17,18). The Morgan fingerprint density at radius 3 is 1.89 bits per heavy atom. The zero-order chi connectivity index (χ0) is 13.8. The van der Waals surface area contributed by atoms with Crippen molar-refractivity contribution < 1.29 is 19.4 Å². The maximum Gasteiger partial charge on any atom is 0.341 e. The van der Waals surface area contributed by atoms with Crippen molar-refractivity contribution in [3.8, 4) is 0 Å². The molecular formula is C14H27FO3. The van der Waals surface area contributed by atoms with Crippen LogP contribution in [0.2, 0.25) is 0 Å². The molecule has 0 aliphatic rings. The van der Waals surface area contributed by atoms with Gasteiger partial charge in [-0.1, -0.05) is 64.7 Å². The first-order valence-corrected chi connectivity index (χ1v) is 7.14. The zero-order valence-corrected chi connectivity index (χ0v) is 11.4. The first kappa shape index (κ1) is 17.4. The first-order valence-electron chi connectivity index (χ1n) is 7.14. The van der Waals surface area contributed by atoms with E-state index in [1.54, 1.807) is 0 Å². The number of halogens is 1. The van der Waals surface area contributed by atoms with Gasteiger partial charge in [0.05, 0.1) is 6.10 Å². The van der Waals surface area contributed by atoms with Crippen LogP contribution in [-0.4, -0.2) is 28.5 Å². The fourth-order valence-electron chi connectivity index (χ4n) is 1.98. The SMILES string of the molecule is CCCCCCCCCCCC(O)C(F)C(=O)O. The Morgan fingerprint density at radius 1 is 1.00 bits per heavy atom. The second kappa shape index (κ2) is 11.5. The van der Waals surface area contributed by atoms with E-state index >= 15 is 0 Å². The predicted molar refractivity (Wildman–Crippen MR) is 70.4 cm³/mol. The molecule has 0 spiro atoms. The second-order valence-corrected chi connectivity index (χ2v) is 4.92. The van der Waals surface area contributed by atoms with Crippen LogP contribution in [0, 0.1) is 0 Å². The quantitative estimate of drug-likeness (QED) is 0.527. The molecule has 0 aliphatic carbocycles. The minimum Gasteiger partial charge on any atom is -0.479 e. The highest BCUT2D eigenvalue weighted by Crippen LogP contribution is 2.13. The van der Waals surface area contributed by atoms with Gasteiger partial charge in [0.25, 0.3) is 0 Å². The lowest BCUT2D eigenvalue weighted by molar-refractivity contribution is -0.147. The van der Waals surface area contributed by atoms with E-state index in [-0.39, 0.29) is 6.42 Å². The van der Waals surface area contributed by atoms with E-state index in [1.807, 2.05) is 0 Å². The Bertz CT molecular complexity index is 209. The summed E-state index contributed by atoms with van der Waals surface area (Å²) in [5.74, 6) is -1.57. The van der Waals surface area contributed by atoms with Crippen LogP contribution in [-0.2, 0) is 4.79 Å². The third-order valence-electron chi connectivity index (χ3n) is 3.18. The molecule has 0 aliphatic heterocycles. The van der Waals surface area contributed by atoms with Crippen molar-refractivity contribution in [2.24, 2.45) is 0 Å². The third-order valence-corrected chi connectivity index (χ3v) is 3.18. The maximum atomic E-state index is 12.8. The summed E-state index contributed by atoms with van der Waals surface area (Å²) in [5, 5.41) is 17.6. The Kier molecular flexibility index (Phi) is 11.0. The fourth-order valence-corrected chi connectivity index (χ4v) is 1.98. The van der Waals surface area contributed by atoms with E-state index in [0.29, 0.717) is 6.42 Å². The highest BCUT2D eigenvalue weighted by molar-refractivity contribution is 5.72. The molecule has 18 heavy (non-hydrogen) atoms. The summed E-state index contributed by atoms with van der Waals surface area (Å²) in [5.41, 5.74) is 0. The lowest BCUT2D eigenvalue weighted by Gasteiger charge is -2.11. The third kappa shape index (κ3) is 9.40. The Balaban J connectivity index is 3.27. The molecule has 0 aromatic rings. The van der Waals surface area contributed by atoms with Gasteiger partial charge in [-0.15, -0.1) is 0 Å². The Hall–Kier alpha value is -0.640. The number of aliphatic hydroxyl groups is 1. The molecule has 0 rings (SSSR count). The first-order chi connectivity index (χ1) is 8.59. The van der Waals surface area contributed by atoms with E-state index in [0.717, 1.165) is 12.8 Å². The summed E-state index contributed by atoms with van der Waals surface area (Å²) >= 11 is 0. The van der Waals surface area contributed by atoms with Crippen molar-refractivity contribution in [3.63, 3.8) is 0 Å². The number of rotatable bonds is 12. The molecule has 2 N–H and O–H groups in total. The van der Waals surface area contributed by atoms with Crippen LogP contribution in [0.1, 0.15) is 71.1 Å². The molecule has 0 bridgehead atoms. The average molecular weight is 262 g/mol. The summed E-state index contributed by atoms with van der Waals surface area (Å²) in [6, 6.07) is 0. The maximum absolute atomic E-state index is 12.8. The van der Waals surface area contributed by atoms with Crippen molar-refractivity contribution in [2.45, 2.75) is 83.4 Å². The predicted octanol–water partition coefficient (Wildman–Crippen LogP) is 3.69. The highest BCUT2D eigenvalue weighted by atomic mass is 19.1. The van der Waals surface area contributed by atoms with Gasteiger partial charge in [-0.2, -0.15) is 0 Å². The smallest absolute Gasteiger partial charge is 0.341 e. The fraction of sp³-hybridized carbons (Fsp3) is 0.929.